The molecule has 0 aromatic rings. The Labute approximate surface area is 832 Å². The average Bonchev–Trinajstić information content (AvgIpc) is 1.74. The van der Waals surface area contributed by atoms with Crippen LogP contribution in [0.1, 0.15) is 484 Å². The zero-order chi connectivity index (χ0) is 99.4. The van der Waals surface area contributed by atoms with Crippen LogP contribution in [0.2, 0.25) is 0 Å². The van der Waals surface area contributed by atoms with Crippen LogP contribution in [0.25, 0.3) is 0 Å². The van der Waals surface area contributed by atoms with Gasteiger partial charge in [0.2, 0.25) is 29.5 Å². The van der Waals surface area contributed by atoms with Crippen LogP contribution in [0.3, 0.4) is 0 Å². The van der Waals surface area contributed by atoms with Gasteiger partial charge in [0.05, 0.1) is 24.8 Å². The number of amides is 5. The van der Waals surface area contributed by atoms with Crippen LogP contribution in [-0.4, -0.2) is 237 Å². The summed E-state index contributed by atoms with van der Waals surface area (Å²) >= 11 is 0. The summed E-state index contributed by atoms with van der Waals surface area (Å²) in [5.41, 5.74) is 25.9. The fourth-order valence-electron chi connectivity index (χ4n) is 19.6. The molecule has 802 valence electrons. The summed E-state index contributed by atoms with van der Waals surface area (Å²) in [6.45, 7) is 11.1. The lowest BCUT2D eigenvalue weighted by atomic mass is 9.84. The van der Waals surface area contributed by atoms with Crippen molar-refractivity contribution in [2.24, 2.45) is 22.9 Å². The molecule has 4 aliphatic rings. The molecule has 4 fully saturated rings. The van der Waals surface area contributed by atoms with Gasteiger partial charge in [-0.3, -0.25) is 24.0 Å². The minimum atomic E-state index is -1.79. The van der Waals surface area contributed by atoms with Crippen molar-refractivity contribution in [3.05, 3.63) is 24.3 Å². The molecular weight excluding hydrogens is 1740 g/mol. The predicted molar refractivity (Wildman–Crippen MR) is 552 cm³/mol. The van der Waals surface area contributed by atoms with E-state index in [-0.39, 0.29) is 62.8 Å². The van der Waals surface area contributed by atoms with Gasteiger partial charge >= 0.3 is 0 Å². The number of allylic oxidation sites excluding steroid dienone is 4. The van der Waals surface area contributed by atoms with Crippen molar-refractivity contribution < 1.29 is 88.1 Å². The Bertz CT molecular complexity index is 2890. The molecule has 18 N–H and O–H groups in total. The molecule has 0 spiro atoms. The highest BCUT2D eigenvalue weighted by molar-refractivity contribution is 5.84. The normalized spacial score (nSPS) is 24.6. The highest BCUT2D eigenvalue weighted by atomic mass is 16.8. The van der Waals surface area contributed by atoms with Crippen molar-refractivity contribution in [2.45, 2.75) is 600 Å². The maximum Gasteiger partial charge on any atom is 0.223 e. The molecule has 3 saturated heterocycles. The van der Waals surface area contributed by atoms with Crippen molar-refractivity contribution in [2.75, 3.05) is 45.9 Å². The number of rotatable bonds is 90. The summed E-state index contributed by atoms with van der Waals surface area (Å²) in [5, 5.41) is 87.6. The third kappa shape index (κ3) is 58.2. The van der Waals surface area contributed by atoms with Crippen LogP contribution in [0.15, 0.2) is 24.3 Å². The third-order valence-electron chi connectivity index (χ3n) is 28.8. The summed E-state index contributed by atoms with van der Waals surface area (Å²) in [6, 6.07) is -4.93. The smallest absolute Gasteiger partial charge is 0.223 e. The molecule has 27 nitrogen and oxygen atoms in total. The van der Waals surface area contributed by atoms with Crippen molar-refractivity contribution in [3.63, 3.8) is 0 Å². The summed E-state index contributed by atoms with van der Waals surface area (Å²) in [6.07, 6.45) is 64.8. The molecule has 4 rings (SSSR count). The molecule has 0 radical (unpaired) electrons. The van der Waals surface area contributed by atoms with E-state index < -0.39 is 135 Å². The molecule has 5 amide bonds. The molecule has 137 heavy (non-hydrogen) atoms. The lowest BCUT2D eigenvalue weighted by molar-refractivity contribution is -0.310. The molecule has 3 aliphatic heterocycles. The molecule has 0 aromatic carbocycles. The van der Waals surface area contributed by atoms with Gasteiger partial charge in [-0.15, -0.1) is 0 Å². The predicted octanol–water partition coefficient (Wildman–Crippen LogP) is 18.6. The molecule has 1 saturated carbocycles. The highest BCUT2D eigenvalue weighted by Gasteiger charge is 2.55. The van der Waals surface area contributed by atoms with E-state index in [0.717, 1.165) is 103 Å². The van der Waals surface area contributed by atoms with E-state index >= 15 is 0 Å². The Hall–Kier alpha value is -3.85. The van der Waals surface area contributed by atoms with Gasteiger partial charge in [-0.1, -0.05) is 373 Å². The van der Waals surface area contributed by atoms with Crippen LogP contribution in [-0.2, 0) is 52.4 Å². The summed E-state index contributed by atoms with van der Waals surface area (Å²) in [7, 11) is 0. The van der Waals surface area contributed by atoms with Crippen LogP contribution in [0, 0.1) is 0 Å². The minimum absolute atomic E-state index is 0.0281. The van der Waals surface area contributed by atoms with E-state index in [4.69, 9.17) is 51.4 Å². The number of aliphatic hydroxyl groups is 7. The Morgan fingerprint density at radius 2 is 0.628 bits per heavy atom. The first kappa shape index (κ1) is 125. The lowest BCUT2D eigenvalue weighted by Crippen LogP contribution is -2.69. The van der Waals surface area contributed by atoms with Crippen molar-refractivity contribution in [1.29, 1.82) is 0 Å². The molecule has 27 heteroatoms. The number of nitrogens with two attached hydrogens (primary N) is 4. The van der Waals surface area contributed by atoms with E-state index in [0.29, 0.717) is 38.9 Å². The molecule has 19 atom stereocenters. The van der Waals surface area contributed by atoms with Gasteiger partial charge in [0.25, 0.3) is 0 Å². The van der Waals surface area contributed by atoms with Gasteiger partial charge in [-0.05, 0) is 103 Å². The van der Waals surface area contributed by atoms with Gasteiger partial charge in [0.15, 0.2) is 25.1 Å². The maximum absolute atomic E-state index is 14.0. The van der Waals surface area contributed by atoms with Crippen LogP contribution in [0.5, 0.6) is 0 Å². The van der Waals surface area contributed by atoms with Crippen molar-refractivity contribution in [1.82, 2.24) is 25.8 Å². The van der Waals surface area contributed by atoms with Crippen LogP contribution < -0.4 is 38.9 Å². The van der Waals surface area contributed by atoms with E-state index in [1.165, 1.54) is 308 Å². The first-order valence-electron chi connectivity index (χ1n) is 57.0. The number of ether oxygens (including phenoxy) is 6. The molecule has 1 aliphatic carbocycles. The topological polar surface area (TPSA) is 429 Å². The fourth-order valence-corrected chi connectivity index (χ4v) is 19.6. The second-order valence-corrected chi connectivity index (χ2v) is 41.1. The number of aliphatic hydroxyl groups excluding tert-OH is 7. The molecule has 2 unspecified atom stereocenters. The molecular formula is C110H209N9O18. The fraction of sp³-hybridized carbons (Fsp3) is 0.918. The number of unbranched alkanes of at least 4 members (excludes halogenated alkanes) is 57. The minimum Gasteiger partial charge on any atom is -0.394 e. The SMILES string of the molecule is CCCCCCCCC/C=C/CCCCCCCCN(CCCCCCCC/C=C/CCCCCCCCC)C(=O)CCC(=O)NCC1O[C@H](O[C@@H]2C(CO)O[C@@H](O[C@@H]3[C@@H](O)[C@H](N)C[C@H](N)[C@H]3O[C@H]3O[C@H](NC(=O)CCCCC(=O)NCCCC(=O)N(CCCCCCCCCCCCCCCCCC)CCCCCCCCCCCCCCCCCC)[C@@H](O)[C@H](O)[C@H]3N)[C@@H]2O)[C@H](N)[C@@H](O)[C@@H]1O. The quantitative estimate of drug-likeness (QED) is 0.0199. The standard InChI is InChI=1S/C110H209N9O18/c1-5-9-13-17-21-25-29-33-37-41-45-49-53-57-61-65-71-82-119(83-72-66-62-58-54-50-46-42-38-34-30-26-22-18-14-10-6-2)95(125)78-77-92(122)116-85-89-99(127)100(128)96(113)108(132-89)135-105-90(86-120)133-110(103(105)131)136-106-98(126)87(111)84-88(112)104(106)134-109-97(114)101(129)102(130)107(137-109)117-93(123)75-68-67-74-91(121)115-79-73-76-94(124)118(80-69-63-59-55-51-47-43-39-35-31-27-23-19-15-11-7-3)81-70-64-60-56-52-48-44-40-36-32-28-24-20-16-12-8-4/h37-38,41-42,87-90,96-110,120,126-131H,5-36,39-40,43-86,111-114H2,1-4H3,(H,115,121)(H,116,122)(H,117,123)/b41-37+,42-38+/t87-,88+,89?,90?,96-,97-,98+,99-,100-,101-,102+,103-,104-,105-,106-,107+,108-,109+,110+/m1/s1. The summed E-state index contributed by atoms with van der Waals surface area (Å²) < 4.78 is 36.9. The van der Waals surface area contributed by atoms with E-state index in [2.05, 4.69) is 72.8 Å². The Morgan fingerprint density at radius 1 is 0.307 bits per heavy atom. The highest BCUT2D eigenvalue weighted by Crippen LogP contribution is 2.36. The van der Waals surface area contributed by atoms with E-state index in [9.17, 15) is 59.7 Å². The maximum atomic E-state index is 14.0. The first-order chi connectivity index (χ1) is 66.7. The average molecular weight is 1950 g/mol. The molecule has 0 aromatic heterocycles. The molecule has 3 heterocycles. The van der Waals surface area contributed by atoms with Crippen LogP contribution >= 0.6 is 0 Å². The lowest BCUT2D eigenvalue weighted by Gasteiger charge is -2.47. The number of nitrogens with zero attached hydrogens (tertiary/aromatic N) is 2. The number of hydrogen-bond acceptors (Lipinski definition) is 22. The first-order valence-corrected chi connectivity index (χ1v) is 57.0. The van der Waals surface area contributed by atoms with Gasteiger partial charge in [0.1, 0.15) is 61.0 Å². The van der Waals surface area contributed by atoms with Gasteiger partial charge in [-0.2, -0.15) is 0 Å². The number of nitrogens with one attached hydrogen (secondary N) is 3. The van der Waals surface area contributed by atoms with Gasteiger partial charge < -0.3 is 113 Å². The number of carbonyl (C=O) groups is 5. The van der Waals surface area contributed by atoms with E-state index in [1.807, 2.05) is 4.90 Å². The second-order valence-electron chi connectivity index (χ2n) is 41.1. The Kier molecular flexibility index (Phi) is 76.3. The third-order valence-corrected chi connectivity index (χ3v) is 28.8. The monoisotopic (exact) mass is 1940 g/mol. The summed E-state index contributed by atoms with van der Waals surface area (Å²) in [4.78, 5) is 71.9. The van der Waals surface area contributed by atoms with E-state index in [1.54, 1.807) is 0 Å². The Morgan fingerprint density at radius 3 is 1.01 bits per heavy atom. The molecule has 0 bridgehead atoms. The Balaban J connectivity index is 1.23. The zero-order valence-corrected chi connectivity index (χ0v) is 87.3. The largest absolute Gasteiger partial charge is 0.394 e. The van der Waals surface area contributed by atoms with Gasteiger partial charge in [0, 0.05) is 83.5 Å². The number of carbonyl (C=O) groups excluding carboxylic acids is 5. The van der Waals surface area contributed by atoms with Crippen LogP contribution in [0.4, 0.5) is 0 Å². The second kappa shape index (κ2) is 83.3. The van der Waals surface area contributed by atoms with Gasteiger partial charge in [-0.25, -0.2) is 0 Å². The van der Waals surface area contributed by atoms with Crippen molar-refractivity contribution in [3.8, 4) is 0 Å². The van der Waals surface area contributed by atoms with Crippen molar-refractivity contribution >= 4 is 29.5 Å². The summed E-state index contributed by atoms with van der Waals surface area (Å²) in [5.74, 6) is -1.22. The number of hydrogen-bond donors (Lipinski definition) is 14. The zero-order valence-electron chi connectivity index (χ0n) is 87.3.